The Balaban J connectivity index is 2.21. The van der Waals surface area contributed by atoms with E-state index in [1.54, 1.807) is 37.4 Å². The normalized spacial score (nSPS) is 10.2. The van der Waals surface area contributed by atoms with Gasteiger partial charge in [0.15, 0.2) is 5.75 Å². The SMILES string of the molecule is CN(Cc1ccccc1O)C(=O)c1cccc(N)c1O. The summed E-state index contributed by atoms with van der Waals surface area (Å²) in [6.07, 6.45) is 0. The van der Waals surface area contributed by atoms with Crippen molar-refractivity contribution >= 4 is 11.6 Å². The topological polar surface area (TPSA) is 86.8 Å². The molecule has 104 valence electrons. The number of para-hydroxylation sites is 2. The molecule has 0 heterocycles. The fourth-order valence-corrected chi connectivity index (χ4v) is 1.91. The summed E-state index contributed by atoms with van der Waals surface area (Å²) in [6.45, 7) is 0.236. The minimum atomic E-state index is -0.363. The average molecular weight is 272 g/mol. The number of nitrogen functional groups attached to an aromatic ring is 1. The molecule has 4 N–H and O–H groups in total. The highest BCUT2D eigenvalue weighted by atomic mass is 16.3. The summed E-state index contributed by atoms with van der Waals surface area (Å²) >= 11 is 0. The first-order valence-corrected chi connectivity index (χ1v) is 6.10. The molecule has 2 rings (SSSR count). The van der Waals surface area contributed by atoms with Gasteiger partial charge in [-0.2, -0.15) is 0 Å². The minimum Gasteiger partial charge on any atom is -0.508 e. The summed E-state index contributed by atoms with van der Waals surface area (Å²) in [5, 5.41) is 19.5. The molecule has 0 saturated heterocycles. The van der Waals surface area contributed by atoms with Crippen molar-refractivity contribution in [3.8, 4) is 11.5 Å². The maximum atomic E-state index is 12.3. The molecule has 2 aromatic carbocycles. The van der Waals surface area contributed by atoms with Crippen LogP contribution in [0.2, 0.25) is 0 Å². The third-order valence-corrected chi connectivity index (χ3v) is 3.04. The summed E-state index contributed by atoms with van der Waals surface area (Å²) in [5.74, 6) is -0.455. The summed E-state index contributed by atoms with van der Waals surface area (Å²) < 4.78 is 0. The average Bonchev–Trinajstić information content (AvgIpc) is 2.43. The Bertz CT molecular complexity index is 641. The zero-order chi connectivity index (χ0) is 14.7. The Hall–Kier alpha value is -2.69. The molecule has 0 spiro atoms. The largest absolute Gasteiger partial charge is 0.508 e. The van der Waals surface area contributed by atoms with Crippen LogP contribution in [0.4, 0.5) is 5.69 Å². The summed E-state index contributed by atoms with van der Waals surface area (Å²) in [4.78, 5) is 13.7. The lowest BCUT2D eigenvalue weighted by Crippen LogP contribution is -2.26. The summed E-state index contributed by atoms with van der Waals surface area (Å²) in [6, 6.07) is 11.4. The Morgan fingerprint density at radius 3 is 2.55 bits per heavy atom. The van der Waals surface area contributed by atoms with Crippen molar-refractivity contribution in [2.75, 3.05) is 12.8 Å². The third kappa shape index (κ3) is 2.66. The van der Waals surface area contributed by atoms with Gasteiger partial charge in [-0.15, -0.1) is 0 Å². The van der Waals surface area contributed by atoms with Gasteiger partial charge in [0.05, 0.1) is 11.3 Å². The Morgan fingerprint density at radius 1 is 1.15 bits per heavy atom. The lowest BCUT2D eigenvalue weighted by molar-refractivity contribution is 0.0781. The van der Waals surface area contributed by atoms with Crippen LogP contribution in [0, 0.1) is 0 Å². The van der Waals surface area contributed by atoms with Crippen LogP contribution in [0.1, 0.15) is 15.9 Å². The van der Waals surface area contributed by atoms with Crippen molar-refractivity contribution in [2.24, 2.45) is 0 Å². The summed E-state index contributed by atoms with van der Waals surface area (Å²) in [5.41, 5.74) is 6.51. The van der Waals surface area contributed by atoms with E-state index in [1.807, 2.05) is 0 Å². The second-order valence-corrected chi connectivity index (χ2v) is 4.53. The van der Waals surface area contributed by atoms with Gasteiger partial charge >= 0.3 is 0 Å². The first-order chi connectivity index (χ1) is 9.50. The van der Waals surface area contributed by atoms with Gasteiger partial charge in [0, 0.05) is 19.2 Å². The number of amides is 1. The maximum absolute atomic E-state index is 12.3. The van der Waals surface area contributed by atoms with Gasteiger partial charge in [-0.3, -0.25) is 4.79 Å². The molecule has 1 amide bonds. The number of phenols is 2. The van der Waals surface area contributed by atoms with Crippen molar-refractivity contribution < 1.29 is 15.0 Å². The van der Waals surface area contributed by atoms with E-state index in [0.29, 0.717) is 5.56 Å². The molecule has 0 unspecified atom stereocenters. The third-order valence-electron chi connectivity index (χ3n) is 3.04. The number of nitrogens with zero attached hydrogens (tertiary/aromatic N) is 1. The molecule has 0 saturated carbocycles. The van der Waals surface area contributed by atoms with Crippen molar-refractivity contribution in [3.63, 3.8) is 0 Å². The lowest BCUT2D eigenvalue weighted by Gasteiger charge is -2.19. The van der Waals surface area contributed by atoms with E-state index >= 15 is 0 Å². The van der Waals surface area contributed by atoms with Crippen LogP contribution in [0.3, 0.4) is 0 Å². The number of carbonyl (C=O) groups excluding carboxylic acids is 1. The van der Waals surface area contributed by atoms with Crippen molar-refractivity contribution in [1.82, 2.24) is 4.90 Å². The highest BCUT2D eigenvalue weighted by Gasteiger charge is 2.18. The van der Waals surface area contributed by atoms with E-state index < -0.39 is 0 Å². The molecule has 20 heavy (non-hydrogen) atoms. The minimum absolute atomic E-state index is 0.129. The number of hydrogen-bond donors (Lipinski definition) is 3. The summed E-state index contributed by atoms with van der Waals surface area (Å²) in [7, 11) is 1.59. The van der Waals surface area contributed by atoms with Crippen LogP contribution in [0.15, 0.2) is 42.5 Å². The Labute approximate surface area is 116 Å². The van der Waals surface area contributed by atoms with Crippen molar-refractivity contribution in [1.29, 1.82) is 0 Å². The molecular formula is C15H16N2O3. The van der Waals surface area contributed by atoms with Crippen molar-refractivity contribution in [3.05, 3.63) is 53.6 Å². The van der Waals surface area contributed by atoms with Crippen LogP contribution in [0.5, 0.6) is 11.5 Å². The zero-order valence-corrected chi connectivity index (χ0v) is 11.1. The predicted octanol–water partition coefficient (Wildman–Crippen LogP) is 1.95. The van der Waals surface area contributed by atoms with Gasteiger partial charge in [-0.1, -0.05) is 24.3 Å². The van der Waals surface area contributed by atoms with Crippen LogP contribution < -0.4 is 5.73 Å². The van der Waals surface area contributed by atoms with E-state index in [9.17, 15) is 15.0 Å². The van der Waals surface area contributed by atoms with E-state index in [1.165, 1.54) is 17.0 Å². The predicted molar refractivity (Wildman–Crippen MR) is 76.4 cm³/mol. The standard InChI is InChI=1S/C15H16N2O3/c1-17(9-10-5-2-3-8-13(10)18)15(20)11-6-4-7-12(16)14(11)19/h2-8,18-19H,9,16H2,1H3. The first kappa shape index (κ1) is 13.7. The number of rotatable bonds is 3. The molecule has 2 aromatic rings. The Kier molecular flexibility index (Phi) is 3.79. The fourth-order valence-electron chi connectivity index (χ4n) is 1.91. The molecular weight excluding hydrogens is 256 g/mol. The highest BCUT2D eigenvalue weighted by Crippen LogP contribution is 2.26. The number of hydrogen-bond acceptors (Lipinski definition) is 4. The second kappa shape index (κ2) is 5.52. The number of nitrogens with two attached hydrogens (primary N) is 1. The monoisotopic (exact) mass is 272 g/mol. The van der Waals surface area contributed by atoms with Crippen LogP contribution >= 0.6 is 0 Å². The van der Waals surface area contributed by atoms with E-state index in [2.05, 4.69) is 0 Å². The zero-order valence-electron chi connectivity index (χ0n) is 11.1. The van der Waals surface area contributed by atoms with Crippen LogP contribution in [-0.2, 0) is 6.54 Å². The fraction of sp³-hybridized carbons (Fsp3) is 0.133. The molecule has 0 fully saturated rings. The molecule has 5 heteroatoms. The molecule has 5 nitrogen and oxygen atoms in total. The molecule has 0 radical (unpaired) electrons. The van der Waals surface area contributed by atoms with Gasteiger partial charge < -0.3 is 20.8 Å². The number of phenolic OH excluding ortho intramolecular Hbond substituents is 2. The van der Waals surface area contributed by atoms with E-state index in [-0.39, 0.29) is 35.2 Å². The smallest absolute Gasteiger partial charge is 0.257 e. The number of aromatic hydroxyl groups is 2. The Morgan fingerprint density at radius 2 is 1.85 bits per heavy atom. The van der Waals surface area contributed by atoms with Gasteiger partial charge in [-0.25, -0.2) is 0 Å². The van der Waals surface area contributed by atoms with Gasteiger partial charge in [-0.05, 0) is 18.2 Å². The number of benzene rings is 2. The number of anilines is 1. The molecule has 0 aliphatic rings. The molecule has 0 aliphatic heterocycles. The maximum Gasteiger partial charge on any atom is 0.257 e. The van der Waals surface area contributed by atoms with Crippen molar-refractivity contribution in [2.45, 2.75) is 6.54 Å². The number of carbonyl (C=O) groups is 1. The molecule has 0 atom stereocenters. The molecule has 0 aliphatic carbocycles. The highest BCUT2D eigenvalue weighted by molar-refractivity contribution is 5.98. The molecule has 0 bridgehead atoms. The quantitative estimate of drug-likeness (QED) is 0.588. The van der Waals surface area contributed by atoms with Crippen LogP contribution in [-0.4, -0.2) is 28.1 Å². The second-order valence-electron chi connectivity index (χ2n) is 4.53. The van der Waals surface area contributed by atoms with Gasteiger partial charge in [0.25, 0.3) is 5.91 Å². The molecule has 0 aromatic heterocycles. The van der Waals surface area contributed by atoms with Gasteiger partial charge in [0.1, 0.15) is 5.75 Å². The van der Waals surface area contributed by atoms with Gasteiger partial charge in [0.2, 0.25) is 0 Å². The van der Waals surface area contributed by atoms with Crippen LogP contribution in [0.25, 0.3) is 0 Å². The first-order valence-electron chi connectivity index (χ1n) is 6.10. The van der Waals surface area contributed by atoms with E-state index in [0.717, 1.165) is 0 Å². The van der Waals surface area contributed by atoms with E-state index in [4.69, 9.17) is 5.73 Å². The lowest BCUT2D eigenvalue weighted by atomic mass is 10.1.